The lowest BCUT2D eigenvalue weighted by atomic mass is 10.1. The molecule has 0 spiro atoms. The Morgan fingerprint density at radius 1 is 0.720 bits per heavy atom. The number of benzene rings is 1. The molecule has 0 saturated carbocycles. The average molecular weight is 348 g/mol. The Kier molecular flexibility index (Phi) is 12.3. The number of aliphatic carboxylic acids is 1. The van der Waals surface area contributed by atoms with Crippen molar-refractivity contribution in [2.75, 3.05) is 0 Å². The van der Waals surface area contributed by atoms with E-state index >= 15 is 0 Å². The van der Waals surface area contributed by atoms with Gasteiger partial charge in [-0.2, -0.15) is 0 Å². The quantitative estimate of drug-likeness (QED) is 0.336. The van der Waals surface area contributed by atoms with Crippen LogP contribution in [0.1, 0.15) is 82.6 Å². The summed E-state index contributed by atoms with van der Waals surface area (Å²) in [7, 11) is 0. The third-order valence-electron chi connectivity index (χ3n) is 4.26. The minimum atomic E-state index is -0.691. The molecule has 0 aromatic heterocycles. The summed E-state index contributed by atoms with van der Waals surface area (Å²) in [4.78, 5) is 22.0. The van der Waals surface area contributed by atoms with Crippen molar-refractivity contribution in [1.29, 1.82) is 0 Å². The maximum absolute atomic E-state index is 11.7. The number of carbonyl (C=O) groups is 2. The second kappa shape index (κ2) is 14.5. The van der Waals surface area contributed by atoms with Crippen LogP contribution in [0.3, 0.4) is 0 Å². The van der Waals surface area contributed by atoms with E-state index in [4.69, 9.17) is 9.84 Å². The molecule has 140 valence electrons. The van der Waals surface area contributed by atoms with Gasteiger partial charge in [-0.05, 0) is 18.4 Å². The highest BCUT2D eigenvalue weighted by molar-refractivity contribution is 5.69. The lowest BCUT2D eigenvalue weighted by Crippen LogP contribution is -2.04. The van der Waals surface area contributed by atoms with Crippen molar-refractivity contribution in [2.24, 2.45) is 0 Å². The maximum Gasteiger partial charge on any atom is 0.306 e. The van der Waals surface area contributed by atoms with Crippen LogP contribution in [0.5, 0.6) is 0 Å². The predicted molar refractivity (Wildman–Crippen MR) is 99.3 cm³/mol. The van der Waals surface area contributed by atoms with Crippen LogP contribution in [0.25, 0.3) is 0 Å². The van der Waals surface area contributed by atoms with Crippen molar-refractivity contribution < 1.29 is 19.4 Å². The molecule has 1 N–H and O–H groups in total. The first-order chi connectivity index (χ1) is 12.2. The van der Waals surface area contributed by atoms with Crippen LogP contribution < -0.4 is 0 Å². The van der Waals surface area contributed by atoms with Gasteiger partial charge >= 0.3 is 11.9 Å². The molecular weight excluding hydrogens is 316 g/mol. The normalized spacial score (nSPS) is 10.6. The molecule has 25 heavy (non-hydrogen) atoms. The standard InChI is InChI=1S/C21H32O4/c22-20(23)16-12-7-5-3-1-2-4-6-8-13-17-21(24)25-18-19-14-10-9-11-15-19/h9-11,14-15H,1-8,12-13,16-18H2,(H,22,23). The van der Waals surface area contributed by atoms with E-state index in [1.54, 1.807) is 0 Å². The highest BCUT2D eigenvalue weighted by atomic mass is 16.5. The maximum atomic E-state index is 11.7. The number of rotatable bonds is 15. The molecule has 0 fully saturated rings. The van der Waals surface area contributed by atoms with Crippen molar-refractivity contribution in [3.63, 3.8) is 0 Å². The first kappa shape index (κ1) is 21.2. The molecule has 0 unspecified atom stereocenters. The third kappa shape index (κ3) is 13.2. The van der Waals surface area contributed by atoms with E-state index in [2.05, 4.69) is 0 Å². The summed E-state index contributed by atoms with van der Waals surface area (Å²) < 4.78 is 5.26. The van der Waals surface area contributed by atoms with Gasteiger partial charge < -0.3 is 9.84 Å². The Morgan fingerprint density at radius 2 is 1.20 bits per heavy atom. The molecule has 4 nitrogen and oxygen atoms in total. The van der Waals surface area contributed by atoms with E-state index < -0.39 is 5.97 Å². The van der Waals surface area contributed by atoms with Crippen molar-refractivity contribution >= 4 is 11.9 Å². The first-order valence-corrected chi connectivity index (χ1v) is 9.60. The van der Waals surface area contributed by atoms with E-state index in [0.717, 1.165) is 37.7 Å². The fourth-order valence-corrected chi connectivity index (χ4v) is 2.77. The third-order valence-corrected chi connectivity index (χ3v) is 4.26. The number of hydrogen-bond donors (Lipinski definition) is 1. The van der Waals surface area contributed by atoms with Gasteiger partial charge in [-0.1, -0.05) is 81.7 Å². The van der Waals surface area contributed by atoms with Gasteiger partial charge in [0.2, 0.25) is 0 Å². The molecule has 0 aliphatic rings. The molecule has 1 aromatic rings. The summed E-state index contributed by atoms with van der Waals surface area (Å²) in [6, 6.07) is 9.75. The fraction of sp³-hybridized carbons (Fsp3) is 0.619. The van der Waals surface area contributed by atoms with Crippen LogP contribution in [0.2, 0.25) is 0 Å². The lowest BCUT2D eigenvalue weighted by molar-refractivity contribution is -0.145. The molecule has 4 heteroatoms. The molecule has 1 aromatic carbocycles. The minimum absolute atomic E-state index is 0.106. The largest absolute Gasteiger partial charge is 0.481 e. The van der Waals surface area contributed by atoms with Gasteiger partial charge in [0, 0.05) is 12.8 Å². The highest BCUT2D eigenvalue weighted by Crippen LogP contribution is 2.12. The number of carboxylic acid groups (broad SMARTS) is 1. The summed E-state index contributed by atoms with van der Waals surface area (Å²) in [6.07, 6.45) is 11.8. The Labute approximate surface area is 151 Å². The second-order valence-corrected chi connectivity index (χ2v) is 6.58. The summed E-state index contributed by atoms with van der Waals surface area (Å²) in [5, 5.41) is 8.54. The molecule has 0 amide bonds. The minimum Gasteiger partial charge on any atom is -0.481 e. The van der Waals surface area contributed by atoms with Gasteiger partial charge in [0.1, 0.15) is 6.61 Å². The van der Waals surface area contributed by atoms with Crippen LogP contribution in [0, 0.1) is 0 Å². The van der Waals surface area contributed by atoms with E-state index in [1.165, 1.54) is 32.1 Å². The van der Waals surface area contributed by atoms with Crippen LogP contribution >= 0.6 is 0 Å². The topological polar surface area (TPSA) is 63.6 Å². The van der Waals surface area contributed by atoms with Gasteiger partial charge in [-0.15, -0.1) is 0 Å². The zero-order valence-electron chi connectivity index (χ0n) is 15.3. The summed E-state index contributed by atoms with van der Waals surface area (Å²) in [5.74, 6) is -0.797. The smallest absolute Gasteiger partial charge is 0.306 e. The molecule has 1 rings (SSSR count). The predicted octanol–water partition coefficient (Wildman–Crippen LogP) is 5.50. The Hall–Kier alpha value is -1.84. The van der Waals surface area contributed by atoms with Crippen molar-refractivity contribution in [3.05, 3.63) is 35.9 Å². The molecule has 0 atom stereocenters. The molecule has 0 saturated heterocycles. The Bertz CT molecular complexity index is 470. The average Bonchev–Trinajstić information content (AvgIpc) is 2.61. The summed E-state index contributed by atoms with van der Waals surface area (Å²) >= 11 is 0. The lowest BCUT2D eigenvalue weighted by Gasteiger charge is -2.05. The number of carboxylic acids is 1. The van der Waals surface area contributed by atoms with Crippen LogP contribution in [0.15, 0.2) is 30.3 Å². The molecule has 0 bridgehead atoms. The van der Waals surface area contributed by atoms with Crippen molar-refractivity contribution in [3.8, 4) is 0 Å². The number of carbonyl (C=O) groups excluding carboxylic acids is 1. The van der Waals surface area contributed by atoms with Gasteiger partial charge in [0.25, 0.3) is 0 Å². The Morgan fingerprint density at radius 3 is 1.72 bits per heavy atom. The zero-order valence-corrected chi connectivity index (χ0v) is 15.3. The fourth-order valence-electron chi connectivity index (χ4n) is 2.77. The van der Waals surface area contributed by atoms with Crippen molar-refractivity contribution in [1.82, 2.24) is 0 Å². The van der Waals surface area contributed by atoms with Crippen molar-refractivity contribution in [2.45, 2.75) is 83.7 Å². The van der Waals surface area contributed by atoms with Gasteiger partial charge in [-0.25, -0.2) is 0 Å². The first-order valence-electron chi connectivity index (χ1n) is 9.60. The molecule has 0 radical (unpaired) electrons. The monoisotopic (exact) mass is 348 g/mol. The number of unbranched alkanes of at least 4 members (excludes halogenated alkanes) is 9. The van der Waals surface area contributed by atoms with E-state index in [-0.39, 0.29) is 5.97 Å². The van der Waals surface area contributed by atoms with E-state index in [1.807, 2.05) is 30.3 Å². The molecule has 0 aliphatic carbocycles. The van der Waals surface area contributed by atoms with Gasteiger partial charge in [-0.3, -0.25) is 9.59 Å². The summed E-state index contributed by atoms with van der Waals surface area (Å²) in [5.41, 5.74) is 1.03. The number of esters is 1. The zero-order chi connectivity index (χ0) is 18.2. The summed E-state index contributed by atoms with van der Waals surface area (Å²) in [6.45, 7) is 0.367. The molecular formula is C21H32O4. The van der Waals surface area contributed by atoms with Gasteiger partial charge in [0.05, 0.1) is 0 Å². The number of hydrogen-bond acceptors (Lipinski definition) is 3. The number of ether oxygens (including phenoxy) is 1. The van der Waals surface area contributed by atoms with E-state index in [9.17, 15) is 9.59 Å². The van der Waals surface area contributed by atoms with E-state index in [0.29, 0.717) is 19.4 Å². The highest BCUT2D eigenvalue weighted by Gasteiger charge is 2.03. The van der Waals surface area contributed by atoms with Gasteiger partial charge in [0.15, 0.2) is 0 Å². The molecule has 0 aliphatic heterocycles. The van der Waals surface area contributed by atoms with Crippen LogP contribution in [0.4, 0.5) is 0 Å². The Balaban J connectivity index is 1.82. The second-order valence-electron chi connectivity index (χ2n) is 6.58. The SMILES string of the molecule is O=C(O)CCCCCCCCCCCCC(=O)OCc1ccccc1. The van der Waals surface area contributed by atoms with Crippen LogP contribution in [-0.2, 0) is 20.9 Å². The molecule has 0 heterocycles. The van der Waals surface area contributed by atoms with Crippen LogP contribution in [-0.4, -0.2) is 17.0 Å².